The summed E-state index contributed by atoms with van der Waals surface area (Å²) in [7, 11) is 0. The summed E-state index contributed by atoms with van der Waals surface area (Å²) in [5.74, 6) is -5.83. The van der Waals surface area contributed by atoms with Crippen LogP contribution in [0.1, 0.15) is 152 Å². The topological polar surface area (TPSA) is 657 Å². The molecule has 5 aliphatic carbocycles. The maximum absolute atomic E-state index is 16.7. The first-order valence-corrected chi connectivity index (χ1v) is 48.1. The van der Waals surface area contributed by atoms with Crippen LogP contribution >= 0.6 is 0 Å². The van der Waals surface area contributed by atoms with Crippen molar-refractivity contribution < 1.29 is 211 Å². The van der Waals surface area contributed by atoms with Gasteiger partial charge in [0, 0.05) is 25.5 Å². The highest BCUT2D eigenvalue weighted by atomic mass is 16.8. The van der Waals surface area contributed by atoms with Gasteiger partial charge in [0.2, 0.25) is 12.2 Å². The molecule has 8 saturated heterocycles. The van der Waals surface area contributed by atoms with Crippen LogP contribution in [0.4, 0.5) is 0 Å². The molecule has 8 aliphatic heterocycles. The van der Waals surface area contributed by atoms with Gasteiger partial charge >= 0.3 is 23.9 Å². The maximum Gasteiger partial charge on any atom is 0.333 e. The first kappa shape index (κ1) is 110. The number of carbonyl (C=O) groups excluding carboxylic acids is 5. The summed E-state index contributed by atoms with van der Waals surface area (Å²) < 4.78 is 117. The van der Waals surface area contributed by atoms with Crippen molar-refractivity contribution in [1.29, 1.82) is 0 Å². The van der Waals surface area contributed by atoms with Gasteiger partial charge < -0.3 is 192 Å². The fourth-order valence-electron chi connectivity index (χ4n) is 23.8. The van der Waals surface area contributed by atoms with E-state index >= 15 is 4.79 Å². The molecule has 44 nitrogen and oxygen atoms in total. The molecule has 20 N–H and O–H groups in total. The van der Waals surface area contributed by atoms with Gasteiger partial charge in [-0.05, 0) is 141 Å². The summed E-state index contributed by atoms with van der Waals surface area (Å²) in [6, 6.07) is 7.04. The zero-order chi connectivity index (χ0) is 102. The van der Waals surface area contributed by atoms with Crippen LogP contribution in [-0.4, -0.2) is 413 Å². The SMILES string of the molecule is C=CC(C)(O)CC/C=C(/C)C(=O)O[C@@H]1[C@@H](OC(=O)/C=C/c2ccccc2)[C@H](O[C@H]2[C@H](O)[C@@H](O[C@@H]3OC[C@@H](O)[C@H](O[C@@H]4OC[C@](O)(CO)[C@H]4O)[C@H]3O)[C@H](OC(=O)[C@]34CCC(C)(C)C[C@H]3C3=CC[C@@H]5[C@@]6(C)CC[C@H](O[C@@H]7O[C@H](CO[C@@H]8OC[C@H](O)[C@H](O[C@@H]9OC[C@@H](O)[C@H](O)[C@H]9O)[C@H]8O)[C@@H](O[C@@H]8O[C@H](CO)[C@@H](O)[C@H](O)[C@H]8O)[C@H](O)[C@H]7NC(C)=O)C(C)(C)[C@@H]6CC[C@@]5(C)[C@]3(C)C[C@H]4O)O[C@@H]2COC(C)=O)OC[C@H]1O. The van der Waals surface area contributed by atoms with Gasteiger partial charge in [-0.3, -0.25) is 14.4 Å². The van der Waals surface area contributed by atoms with E-state index in [1.54, 1.807) is 30.3 Å². The second kappa shape index (κ2) is 43.9. The van der Waals surface area contributed by atoms with Crippen LogP contribution in [0.2, 0.25) is 0 Å². The highest BCUT2D eigenvalue weighted by Crippen LogP contribution is 2.76. The number of hydrogen-bond acceptors (Lipinski definition) is 43. The third-order valence-corrected chi connectivity index (χ3v) is 32.2. The number of allylic oxidation sites excluding steroid dienone is 3. The Balaban J connectivity index is 0.753. The lowest BCUT2D eigenvalue weighted by Gasteiger charge is -2.72. The quantitative estimate of drug-likeness (QED) is 0.0113. The van der Waals surface area contributed by atoms with Crippen molar-refractivity contribution >= 4 is 35.9 Å². The molecule has 44 atom stereocenters. The van der Waals surface area contributed by atoms with Crippen LogP contribution in [-0.2, 0) is 114 Å². The lowest BCUT2D eigenvalue weighted by molar-refractivity contribution is -0.377. The number of fused-ring (bicyclic) bond motifs is 7. The highest BCUT2D eigenvalue weighted by Gasteiger charge is 2.73. The van der Waals surface area contributed by atoms with Gasteiger partial charge in [-0.1, -0.05) is 103 Å². The Morgan fingerprint density at radius 2 is 1.14 bits per heavy atom. The molecule has 0 radical (unpaired) electrons. The van der Waals surface area contributed by atoms with Gasteiger partial charge in [-0.2, -0.15) is 0 Å². The minimum absolute atomic E-state index is 0.000676. The Hall–Kier alpha value is -5.83. The number of hydrogen-bond donors (Lipinski definition) is 20. The molecular weight excluding hydrogens is 1860 g/mol. The minimum atomic E-state index is -2.28. The van der Waals surface area contributed by atoms with E-state index in [1.165, 1.54) is 39.0 Å². The molecule has 0 aromatic heterocycles. The largest absolute Gasteiger partial charge is 0.463 e. The Bertz CT molecular complexity index is 4500. The molecule has 13 aliphatic rings. The second-order valence-corrected chi connectivity index (χ2v) is 42.4. The molecule has 0 spiro atoms. The second-order valence-electron chi connectivity index (χ2n) is 42.4. The molecule has 44 heteroatoms. The van der Waals surface area contributed by atoms with Crippen molar-refractivity contribution in [3.8, 4) is 0 Å². The molecule has 0 bridgehead atoms. The van der Waals surface area contributed by atoms with Crippen LogP contribution in [0.3, 0.4) is 0 Å². The molecule has 8 heterocycles. The molecule has 12 fully saturated rings. The first-order valence-electron chi connectivity index (χ1n) is 48.1. The Kier molecular flexibility index (Phi) is 34.5. The van der Waals surface area contributed by atoms with Gasteiger partial charge in [-0.25, -0.2) is 9.59 Å². The molecule has 1 amide bonds. The third-order valence-electron chi connectivity index (χ3n) is 32.2. The standard InChI is InChI=1S/C96H143NO43/c1-13-91(9,120)27-17-18-43(2)79(118)134-73-52(105)38-126-85(77(73)133-60(107)24-21-46-19-15-14-16-20-46)138-75-54(39-122-45(4)101)131-86(76(68(75)114)139-83-70(116)72(51(104)37-125-83)136-87-78(117)95(121,41-99)42-128-87)140-88(119)96-31-30-89(5,6)32-48(96)47-22-23-57-92(10)28-26-59(90(7,8)56(92)25-29-93(57,11)94(47,12)33-58(96)106)132-80-61(97-44(3)100)64(110)74(137-84-67(113)65(111)63(109)53(34-98)129-84)55(130-80)40-127-81-69(115)71(50(103)36-123-81)135-82-66(112)62(108)49(102)35-124-82/h13-16,18-22,24,48-59,61-78,80-87,98-99,102-106,108-117,120-121H,1,17,23,25-42H2,2-12H3,(H,97,100)/b24-21+,43-18-/t48-,49+,50-,51+,52+,53+,54+,55+,56-,57+,58+,59-,61+,62-,63+,64+,65-,66+,67+,68-,69+,70+,71-,72-,73-,74+,75+,76+,77+,78-,80-,81-,82-,83-,84-,85-,86-,87-,91?,92-,93+,94+,95+,96+/m0/s1. The maximum atomic E-state index is 16.7. The van der Waals surface area contributed by atoms with Gasteiger partial charge in [0.15, 0.2) is 62.3 Å². The monoisotopic (exact) mass is 2000 g/mol. The lowest BCUT2D eigenvalue weighted by atomic mass is 9.33. The van der Waals surface area contributed by atoms with Gasteiger partial charge in [0.05, 0.1) is 70.7 Å². The van der Waals surface area contributed by atoms with E-state index in [0.717, 1.165) is 18.6 Å². The van der Waals surface area contributed by atoms with Crippen molar-refractivity contribution in [2.24, 2.45) is 50.2 Å². The summed E-state index contributed by atoms with van der Waals surface area (Å²) in [6.07, 6.45) is -50.5. The average Bonchev–Trinajstić information content (AvgIpc) is 0.763. The summed E-state index contributed by atoms with van der Waals surface area (Å²) >= 11 is 0. The molecule has 4 saturated carbocycles. The predicted octanol–water partition coefficient (Wildman–Crippen LogP) is -3.38. The van der Waals surface area contributed by atoms with Gasteiger partial charge in [0.1, 0.15) is 152 Å². The molecule has 790 valence electrons. The Morgan fingerprint density at radius 1 is 0.550 bits per heavy atom. The van der Waals surface area contributed by atoms with Crippen molar-refractivity contribution in [2.75, 3.05) is 59.5 Å². The van der Waals surface area contributed by atoms with E-state index in [-0.39, 0.29) is 43.1 Å². The summed E-state index contributed by atoms with van der Waals surface area (Å²) in [5, 5.41) is 218. The van der Waals surface area contributed by atoms with E-state index < -0.39 is 354 Å². The highest BCUT2D eigenvalue weighted by molar-refractivity contribution is 5.88. The number of carbonyl (C=O) groups is 5. The van der Waals surface area contributed by atoms with Crippen LogP contribution in [0.5, 0.6) is 0 Å². The molecule has 1 aromatic carbocycles. The Morgan fingerprint density at radius 3 is 1.79 bits per heavy atom. The zero-order valence-electron chi connectivity index (χ0n) is 80.4. The van der Waals surface area contributed by atoms with E-state index in [0.29, 0.717) is 50.5 Å². The fraction of sp³-hybridized carbons (Fsp3) is 0.802. The first-order chi connectivity index (χ1) is 65.9. The number of rotatable bonds is 31. The fourth-order valence-corrected chi connectivity index (χ4v) is 23.8. The van der Waals surface area contributed by atoms with Crippen LogP contribution < -0.4 is 5.32 Å². The number of ether oxygens (including phenoxy) is 19. The molecule has 14 rings (SSSR count). The van der Waals surface area contributed by atoms with Gasteiger partial charge in [0.25, 0.3) is 0 Å². The molecule has 1 aromatic rings. The van der Waals surface area contributed by atoms with Crippen molar-refractivity contribution in [3.63, 3.8) is 0 Å². The predicted molar refractivity (Wildman–Crippen MR) is 473 cm³/mol. The van der Waals surface area contributed by atoms with Gasteiger partial charge in [-0.15, -0.1) is 6.58 Å². The number of nitrogens with one attached hydrogen (secondary N) is 1. The average molecular weight is 2000 g/mol. The van der Waals surface area contributed by atoms with Crippen molar-refractivity contribution in [3.05, 3.63) is 77.9 Å². The van der Waals surface area contributed by atoms with E-state index in [4.69, 9.17) is 90.0 Å². The van der Waals surface area contributed by atoms with E-state index in [1.807, 2.05) is 0 Å². The van der Waals surface area contributed by atoms with E-state index in [9.17, 15) is 116 Å². The Labute approximate surface area is 809 Å². The van der Waals surface area contributed by atoms with Crippen LogP contribution in [0, 0.1) is 50.2 Å². The summed E-state index contributed by atoms with van der Waals surface area (Å²) in [5.41, 5.74) is -7.38. The number of esters is 4. The number of aliphatic hydroxyl groups is 19. The smallest absolute Gasteiger partial charge is 0.333 e. The van der Waals surface area contributed by atoms with E-state index in [2.05, 4.69) is 66.4 Å². The molecule has 140 heavy (non-hydrogen) atoms. The summed E-state index contributed by atoms with van der Waals surface area (Å²) in [4.78, 5) is 71.5. The summed E-state index contributed by atoms with van der Waals surface area (Å²) in [6.45, 7) is 17.1. The van der Waals surface area contributed by atoms with Crippen LogP contribution in [0.15, 0.2) is 72.4 Å². The molecular formula is C96H143NO43. The number of amides is 1. The molecule has 1 unspecified atom stereocenters. The third kappa shape index (κ3) is 22.0. The van der Waals surface area contributed by atoms with Crippen molar-refractivity contribution in [2.45, 2.75) is 373 Å². The van der Waals surface area contributed by atoms with Crippen molar-refractivity contribution in [1.82, 2.24) is 5.32 Å². The normalized spacial score (nSPS) is 46.2. The zero-order valence-corrected chi connectivity index (χ0v) is 80.4. The minimum Gasteiger partial charge on any atom is -0.463 e. The lowest BCUT2D eigenvalue weighted by Crippen LogP contribution is -2.69. The van der Waals surface area contributed by atoms with Crippen LogP contribution in [0.25, 0.3) is 6.08 Å². The number of aliphatic hydroxyl groups excluding tert-OH is 17. The number of benzene rings is 1.